The second-order valence-electron chi connectivity index (χ2n) is 8.90. The number of Topliss-reactive ketones (excluding diaryl/α,β-unsaturated/α-hetero) is 1. The summed E-state index contributed by atoms with van der Waals surface area (Å²) in [5.74, 6) is -1.53. The van der Waals surface area contributed by atoms with Gasteiger partial charge in [-0.3, -0.25) is 19.5 Å². The van der Waals surface area contributed by atoms with Crippen LogP contribution in [0.2, 0.25) is 0 Å². The summed E-state index contributed by atoms with van der Waals surface area (Å²) in [7, 11) is 0. The quantitative estimate of drug-likeness (QED) is 0.553. The van der Waals surface area contributed by atoms with E-state index in [-0.39, 0.29) is 16.8 Å². The van der Waals surface area contributed by atoms with Crippen LogP contribution in [-0.2, 0) is 10.2 Å². The van der Waals surface area contributed by atoms with Gasteiger partial charge in [0.2, 0.25) is 5.78 Å². The molecule has 32 heavy (non-hydrogen) atoms. The van der Waals surface area contributed by atoms with Crippen molar-refractivity contribution < 1.29 is 14.7 Å². The van der Waals surface area contributed by atoms with Gasteiger partial charge in [-0.15, -0.1) is 11.3 Å². The third-order valence-corrected chi connectivity index (χ3v) is 6.65. The largest absolute Gasteiger partial charge is 0.503 e. The Kier molecular flexibility index (Phi) is 5.46. The van der Waals surface area contributed by atoms with Crippen molar-refractivity contribution in [3.63, 3.8) is 0 Å². The van der Waals surface area contributed by atoms with Gasteiger partial charge >= 0.3 is 0 Å². The van der Waals surface area contributed by atoms with E-state index in [9.17, 15) is 14.7 Å². The fourth-order valence-corrected chi connectivity index (χ4v) is 4.82. The number of aryl methyl sites for hydroxylation is 2. The molecule has 1 atom stereocenters. The SMILES string of the molecule is Cc1nc(C)c(C(=O)C2=C(O)C(=O)N(c3ccc(C(C)(C)C)cc3)C2c2cccnc2)s1. The number of aliphatic hydroxyl groups excluding tert-OH is 1. The van der Waals surface area contributed by atoms with Gasteiger partial charge < -0.3 is 5.11 Å². The second-order valence-corrected chi connectivity index (χ2v) is 10.1. The first-order valence-electron chi connectivity index (χ1n) is 10.4. The Morgan fingerprint density at radius 3 is 2.34 bits per heavy atom. The van der Waals surface area contributed by atoms with Gasteiger partial charge in [-0.1, -0.05) is 39.0 Å². The van der Waals surface area contributed by atoms with E-state index in [1.165, 1.54) is 16.2 Å². The molecular weight excluding hydrogens is 422 g/mol. The Hall–Kier alpha value is -3.32. The van der Waals surface area contributed by atoms with Gasteiger partial charge in [-0.25, -0.2) is 4.98 Å². The van der Waals surface area contributed by atoms with Gasteiger partial charge in [0, 0.05) is 18.1 Å². The highest BCUT2D eigenvalue weighted by Crippen LogP contribution is 2.42. The fourth-order valence-electron chi connectivity index (χ4n) is 3.94. The highest BCUT2D eigenvalue weighted by Gasteiger charge is 2.45. The summed E-state index contributed by atoms with van der Waals surface area (Å²) in [5, 5.41) is 11.6. The van der Waals surface area contributed by atoms with Crippen LogP contribution in [0.3, 0.4) is 0 Å². The maximum Gasteiger partial charge on any atom is 0.294 e. The smallest absolute Gasteiger partial charge is 0.294 e. The number of ketones is 1. The minimum absolute atomic E-state index is 0.0423. The lowest BCUT2D eigenvalue weighted by Crippen LogP contribution is -2.31. The van der Waals surface area contributed by atoms with Gasteiger partial charge in [0.1, 0.15) is 0 Å². The minimum atomic E-state index is -0.786. The summed E-state index contributed by atoms with van der Waals surface area (Å²) in [6, 6.07) is 10.4. The number of hydrogen-bond acceptors (Lipinski definition) is 6. The van der Waals surface area contributed by atoms with Crippen LogP contribution in [0.15, 0.2) is 60.1 Å². The third kappa shape index (κ3) is 3.73. The van der Waals surface area contributed by atoms with E-state index >= 15 is 0 Å². The number of hydrogen-bond donors (Lipinski definition) is 1. The number of aliphatic hydroxyl groups is 1. The Morgan fingerprint density at radius 1 is 1.12 bits per heavy atom. The van der Waals surface area contributed by atoms with E-state index < -0.39 is 17.7 Å². The average Bonchev–Trinajstić information content (AvgIpc) is 3.23. The molecule has 0 spiro atoms. The average molecular weight is 448 g/mol. The molecule has 2 aromatic heterocycles. The standard InChI is InChI=1S/C25H25N3O3S/c1-14-23(32-15(2)27-14)21(29)19-20(16-7-6-12-26-13-16)28(24(31)22(19)30)18-10-8-17(9-11-18)25(3,4)5/h6-13,20,30H,1-5H3. The molecule has 1 unspecified atom stereocenters. The van der Waals surface area contributed by atoms with Gasteiger partial charge in [-0.05, 0) is 48.6 Å². The molecule has 164 valence electrons. The molecule has 1 amide bonds. The Balaban J connectivity index is 1.84. The molecule has 4 rings (SSSR count). The highest BCUT2D eigenvalue weighted by atomic mass is 32.1. The number of carbonyl (C=O) groups is 2. The van der Waals surface area contributed by atoms with E-state index in [4.69, 9.17) is 0 Å². The van der Waals surface area contributed by atoms with E-state index in [2.05, 4.69) is 30.7 Å². The summed E-state index contributed by atoms with van der Waals surface area (Å²) in [4.78, 5) is 37.2. The van der Waals surface area contributed by atoms with Gasteiger partial charge in [0.25, 0.3) is 5.91 Å². The van der Waals surface area contributed by atoms with Gasteiger partial charge in [0.15, 0.2) is 5.76 Å². The van der Waals surface area contributed by atoms with Crippen molar-refractivity contribution in [1.29, 1.82) is 0 Å². The molecule has 6 nitrogen and oxygen atoms in total. The molecule has 0 radical (unpaired) electrons. The molecular formula is C25H25N3O3S. The number of carbonyl (C=O) groups excluding carboxylic acids is 2. The number of aromatic nitrogens is 2. The summed E-state index contributed by atoms with van der Waals surface area (Å²) in [6.45, 7) is 9.93. The van der Waals surface area contributed by atoms with Crippen LogP contribution in [0.4, 0.5) is 5.69 Å². The molecule has 0 bridgehead atoms. The highest BCUT2D eigenvalue weighted by molar-refractivity contribution is 7.14. The zero-order valence-corrected chi connectivity index (χ0v) is 19.5. The molecule has 1 N–H and O–H groups in total. The maximum atomic E-state index is 13.5. The number of thiazole rings is 1. The van der Waals surface area contributed by atoms with E-state index in [1.807, 2.05) is 31.2 Å². The van der Waals surface area contributed by atoms with Crippen molar-refractivity contribution in [2.75, 3.05) is 4.90 Å². The molecule has 3 heterocycles. The Labute approximate surface area is 191 Å². The number of pyridine rings is 1. The van der Waals surface area contributed by atoms with Crippen LogP contribution in [0.1, 0.15) is 58.3 Å². The molecule has 1 aliphatic rings. The summed E-state index contributed by atoms with van der Waals surface area (Å²) >= 11 is 1.26. The molecule has 0 saturated heterocycles. The van der Waals surface area contributed by atoms with Crippen LogP contribution in [0.25, 0.3) is 0 Å². The van der Waals surface area contributed by atoms with Gasteiger partial charge in [-0.2, -0.15) is 0 Å². The van der Waals surface area contributed by atoms with Crippen LogP contribution in [-0.4, -0.2) is 26.8 Å². The molecule has 0 saturated carbocycles. The Morgan fingerprint density at radius 2 is 1.81 bits per heavy atom. The lowest BCUT2D eigenvalue weighted by atomic mass is 9.87. The minimum Gasteiger partial charge on any atom is -0.503 e. The number of rotatable bonds is 4. The number of anilines is 1. The summed E-state index contributed by atoms with van der Waals surface area (Å²) < 4.78 is 0. The maximum absolute atomic E-state index is 13.5. The zero-order chi connectivity index (χ0) is 23.2. The predicted molar refractivity (Wildman–Crippen MR) is 125 cm³/mol. The molecule has 1 aromatic carbocycles. The van der Waals surface area contributed by atoms with Crippen molar-refractivity contribution in [2.24, 2.45) is 0 Å². The molecule has 1 aliphatic heterocycles. The van der Waals surface area contributed by atoms with Crippen LogP contribution in [0, 0.1) is 13.8 Å². The second kappa shape index (κ2) is 7.98. The zero-order valence-electron chi connectivity index (χ0n) is 18.7. The first-order valence-corrected chi connectivity index (χ1v) is 11.2. The van der Waals surface area contributed by atoms with E-state index in [0.29, 0.717) is 21.8 Å². The van der Waals surface area contributed by atoms with Crippen molar-refractivity contribution in [1.82, 2.24) is 9.97 Å². The lowest BCUT2D eigenvalue weighted by Gasteiger charge is -2.27. The molecule has 0 fully saturated rings. The molecule has 7 heteroatoms. The van der Waals surface area contributed by atoms with Crippen LogP contribution in [0.5, 0.6) is 0 Å². The van der Waals surface area contributed by atoms with Crippen molar-refractivity contribution in [3.8, 4) is 0 Å². The monoisotopic (exact) mass is 447 g/mol. The number of benzene rings is 1. The van der Waals surface area contributed by atoms with E-state index in [1.54, 1.807) is 31.5 Å². The number of nitrogens with zero attached hydrogens (tertiary/aromatic N) is 3. The summed E-state index contributed by atoms with van der Waals surface area (Å²) in [6.07, 6.45) is 3.25. The lowest BCUT2D eigenvalue weighted by molar-refractivity contribution is -0.117. The van der Waals surface area contributed by atoms with Crippen LogP contribution < -0.4 is 4.90 Å². The van der Waals surface area contributed by atoms with Crippen molar-refractivity contribution >= 4 is 28.7 Å². The first kappa shape index (κ1) is 21.9. The predicted octanol–water partition coefficient (Wildman–Crippen LogP) is 5.24. The van der Waals surface area contributed by atoms with Crippen molar-refractivity contribution in [2.45, 2.75) is 46.1 Å². The summed E-state index contributed by atoms with van der Waals surface area (Å²) in [5.41, 5.74) is 2.96. The molecule has 0 aliphatic carbocycles. The van der Waals surface area contributed by atoms with E-state index in [0.717, 1.165) is 10.6 Å². The first-order chi connectivity index (χ1) is 15.1. The van der Waals surface area contributed by atoms with Crippen molar-refractivity contribution in [3.05, 3.63) is 86.8 Å². The number of amides is 1. The molecule has 3 aromatic rings. The normalized spacial score (nSPS) is 16.7. The third-order valence-electron chi connectivity index (χ3n) is 5.57. The fraction of sp³-hybridized carbons (Fsp3) is 0.280. The van der Waals surface area contributed by atoms with Gasteiger partial charge in [0.05, 0.1) is 27.2 Å². The topological polar surface area (TPSA) is 83.4 Å². The Bertz CT molecular complexity index is 1220. The van der Waals surface area contributed by atoms with Crippen LogP contribution >= 0.6 is 11.3 Å².